The Bertz CT molecular complexity index is 5580. The Balaban J connectivity index is 0.000000148. The van der Waals surface area contributed by atoms with Gasteiger partial charge in [0.05, 0.1) is 0 Å². The minimum atomic E-state index is 0.956. The van der Waals surface area contributed by atoms with Gasteiger partial charge in [-0.1, -0.05) is 277 Å². The molecule has 17 aromatic rings. The van der Waals surface area contributed by atoms with E-state index in [0.717, 1.165) is 13.1 Å². The highest BCUT2D eigenvalue weighted by Gasteiger charge is 2.20. The monoisotopic (exact) mass is 1180 g/mol. The van der Waals surface area contributed by atoms with Crippen molar-refractivity contribution in [1.29, 1.82) is 0 Å². The van der Waals surface area contributed by atoms with Crippen molar-refractivity contribution >= 4 is 86.7 Å². The number of hydrogen-bond acceptors (Lipinski definition) is 0. The molecule has 440 valence electrons. The largest absolute Gasteiger partial charge is 0.341 e. The second-order valence-electron chi connectivity index (χ2n) is 25.2. The summed E-state index contributed by atoms with van der Waals surface area (Å²) in [5.74, 6) is 0. The first-order valence-corrected chi connectivity index (χ1v) is 32.6. The summed E-state index contributed by atoms with van der Waals surface area (Å²) in [6, 6.07) is 108. The Morgan fingerprint density at radius 2 is 0.413 bits per heavy atom. The van der Waals surface area contributed by atoms with Gasteiger partial charge < -0.3 is 9.13 Å². The van der Waals surface area contributed by atoms with Gasteiger partial charge in [-0.3, -0.25) is 0 Å². The van der Waals surface area contributed by atoms with Crippen LogP contribution in [0.15, 0.2) is 291 Å². The van der Waals surface area contributed by atoms with Crippen molar-refractivity contribution in [3.05, 3.63) is 313 Å². The standard InChI is InChI=1S/C48H37N.C42H33N/c1-4-49-45-16-10-9-11-39(45)44-30-37(25-26-46(44)49)33-17-21-35(22-18-33)47-40-12-5-7-14-42(40)48(43-15-8-6-13-41(43)47)36-23-19-34(20-24-36)38-28-31(2)27-32(3)29-38;1-4-43-39-16-10-9-11-33(39)38-26-31(21-22-40(38)43)29-17-19-30(20-18-29)41-34-12-5-7-14-36(34)42(37-15-8-6-13-35(37)41)32-24-27(2)23-28(3)25-32/h5-30H,4H2,1-3H3;5-26H,4H2,1-3H3. The molecule has 0 amide bonds. The van der Waals surface area contributed by atoms with E-state index in [2.05, 4.69) is 342 Å². The summed E-state index contributed by atoms with van der Waals surface area (Å²) in [5.41, 5.74) is 28.0. The molecule has 0 saturated carbocycles. The second kappa shape index (κ2) is 23.1. The molecule has 0 bridgehead atoms. The normalized spacial score (nSPS) is 11.7. The van der Waals surface area contributed by atoms with Gasteiger partial charge in [0.15, 0.2) is 0 Å². The Morgan fingerprint density at radius 3 is 0.717 bits per heavy atom. The Morgan fingerprint density at radius 1 is 0.185 bits per heavy atom. The van der Waals surface area contributed by atoms with Gasteiger partial charge in [-0.15, -0.1) is 0 Å². The minimum absolute atomic E-state index is 0.956. The van der Waals surface area contributed by atoms with E-state index >= 15 is 0 Å². The van der Waals surface area contributed by atoms with E-state index in [1.165, 1.54) is 187 Å². The molecule has 2 nitrogen and oxygen atoms in total. The van der Waals surface area contributed by atoms with Crippen LogP contribution in [0.3, 0.4) is 0 Å². The molecule has 0 N–H and O–H groups in total. The fourth-order valence-corrected chi connectivity index (χ4v) is 15.4. The number of aromatic nitrogens is 2. The van der Waals surface area contributed by atoms with Gasteiger partial charge >= 0.3 is 0 Å². The first-order chi connectivity index (χ1) is 45.2. The molecule has 0 radical (unpaired) electrons. The predicted octanol–water partition coefficient (Wildman–Crippen LogP) is 25.1. The first kappa shape index (κ1) is 56.2. The van der Waals surface area contributed by atoms with Gasteiger partial charge in [0, 0.05) is 56.7 Å². The maximum atomic E-state index is 2.41. The number of rotatable bonds is 9. The van der Waals surface area contributed by atoms with Crippen molar-refractivity contribution in [1.82, 2.24) is 9.13 Å². The number of aryl methyl sites for hydroxylation is 6. The lowest BCUT2D eigenvalue weighted by atomic mass is 9.85. The van der Waals surface area contributed by atoms with Gasteiger partial charge in [0.2, 0.25) is 0 Å². The lowest BCUT2D eigenvalue weighted by Gasteiger charge is -2.18. The van der Waals surface area contributed by atoms with E-state index in [-0.39, 0.29) is 0 Å². The van der Waals surface area contributed by atoms with Crippen LogP contribution in [0.2, 0.25) is 0 Å². The van der Waals surface area contributed by atoms with Crippen molar-refractivity contribution < 1.29 is 0 Å². The summed E-state index contributed by atoms with van der Waals surface area (Å²) >= 11 is 0. The van der Waals surface area contributed by atoms with Crippen LogP contribution in [0.1, 0.15) is 36.1 Å². The highest BCUT2D eigenvalue weighted by molar-refractivity contribution is 6.23. The molecule has 0 aliphatic carbocycles. The van der Waals surface area contributed by atoms with E-state index < -0.39 is 0 Å². The molecule has 0 unspecified atom stereocenters. The molecule has 0 aliphatic heterocycles. The highest BCUT2D eigenvalue weighted by atomic mass is 15.0. The van der Waals surface area contributed by atoms with Crippen LogP contribution in [0.5, 0.6) is 0 Å². The molecule has 2 heterocycles. The molecule has 0 spiro atoms. The number of nitrogens with zero attached hydrogens (tertiary/aromatic N) is 2. The molecular formula is C90H70N2. The topological polar surface area (TPSA) is 9.86 Å². The molecule has 0 saturated heterocycles. The Kier molecular flexibility index (Phi) is 14.1. The van der Waals surface area contributed by atoms with Crippen molar-refractivity contribution in [3.8, 4) is 77.9 Å². The summed E-state index contributed by atoms with van der Waals surface area (Å²) in [5, 5.41) is 15.5. The van der Waals surface area contributed by atoms with Gasteiger partial charge in [0.25, 0.3) is 0 Å². The molecule has 17 rings (SSSR count). The highest BCUT2D eigenvalue weighted by Crippen LogP contribution is 2.47. The van der Waals surface area contributed by atoms with Crippen LogP contribution >= 0.6 is 0 Å². The third-order valence-corrected chi connectivity index (χ3v) is 19.3. The Labute approximate surface area is 538 Å². The predicted molar refractivity (Wildman–Crippen MR) is 397 cm³/mol. The summed E-state index contributed by atoms with van der Waals surface area (Å²) < 4.78 is 4.83. The lowest BCUT2D eigenvalue weighted by Crippen LogP contribution is -1.92. The first-order valence-electron chi connectivity index (χ1n) is 32.6. The van der Waals surface area contributed by atoms with Crippen LogP contribution in [0.4, 0.5) is 0 Å². The average molecular weight is 1180 g/mol. The van der Waals surface area contributed by atoms with Gasteiger partial charge in [0.1, 0.15) is 0 Å². The van der Waals surface area contributed by atoms with Crippen molar-refractivity contribution in [2.24, 2.45) is 0 Å². The summed E-state index contributed by atoms with van der Waals surface area (Å²) in [6.45, 7) is 15.1. The van der Waals surface area contributed by atoms with Crippen LogP contribution in [0, 0.1) is 27.7 Å². The van der Waals surface area contributed by atoms with Crippen molar-refractivity contribution in [3.63, 3.8) is 0 Å². The van der Waals surface area contributed by atoms with Crippen LogP contribution in [-0.2, 0) is 13.1 Å². The van der Waals surface area contributed by atoms with Crippen molar-refractivity contribution in [2.75, 3.05) is 0 Å². The quantitative estimate of drug-likeness (QED) is 0.128. The molecule has 0 aliphatic rings. The zero-order valence-corrected chi connectivity index (χ0v) is 53.0. The maximum Gasteiger partial charge on any atom is 0.0491 e. The molecule has 15 aromatic carbocycles. The van der Waals surface area contributed by atoms with E-state index in [1.54, 1.807) is 0 Å². The second-order valence-corrected chi connectivity index (χ2v) is 25.2. The van der Waals surface area contributed by atoms with Gasteiger partial charge in [-0.2, -0.15) is 0 Å². The van der Waals surface area contributed by atoms with E-state index in [0.29, 0.717) is 0 Å². The average Bonchev–Trinajstić information content (AvgIpc) is 1.05. The Hall–Kier alpha value is -11.1. The van der Waals surface area contributed by atoms with Gasteiger partial charge in [-0.05, 0) is 199 Å². The molecule has 2 heteroatoms. The number of para-hydroxylation sites is 2. The molecule has 0 fully saturated rings. The third kappa shape index (κ3) is 9.65. The summed E-state index contributed by atoms with van der Waals surface area (Å²) in [7, 11) is 0. The number of fused-ring (bicyclic) bond motifs is 10. The maximum absolute atomic E-state index is 2.41. The molecule has 0 atom stereocenters. The van der Waals surface area contributed by atoms with Crippen LogP contribution in [-0.4, -0.2) is 9.13 Å². The minimum Gasteiger partial charge on any atom is -0.341 e. The molecule has 92 heavy (non-hydrogen) atoms. The number of benzene rings is 15. The lowest BCUT2D eigenvalue weighted by molar-refractivity contribution is 0.827. The molecular weight excluding hydrogens is 1110 g/mol. The van der Waals surface area contributed by atoms with E-state index in [9.17, 15) is 0 Å². The number of hydrogen-bond donors (Lipinski definition) is 0. The summed E-state index contributed by atoms with van der Waals surface area (Å²) in [6.07, 6.45) is 0. The third-order valence-electron chi connectivity index (χ3n) is 19.3. The van der Waals surface area contributed by atoms with Crippen LogP contribution < -0.4 is 0 Å². The van der Waals surface area contributed by atoms with Gasteiger partial charge in [-0.25, -0.2) is 0 Å². The zero-order chi connectivity index (χ0) is 62.1. The van der Waals surface area contributed by atoms with Crippen molar-refractivity contribution in [2.45, 2.75) is 54.6 Å². The van der Waals surface area contributed by atoms with Crippen LogP contribution in [0.25, 0.3) is 165 Å². The van der Waals surface area contributed by atoms with E-state index in [1.807, 2.05) is 0 Å². The summed E-state index contributed by atoms with van der Waals surface area (Å²) in [4.78, 5) is 0. The smallest absolute Gasteiger partial charge is 0.0491 e. The van der Waals surface area contributed by atoms with E-state index in [4.69, 9.17) is 0 Å². The fraction of sp³-hybridized carbons (Fsp3) is 0.0889. The zero-order valence-electron chi connectivity index (χ0n) is 53.0. The molecule has 2 aromatic heterocycles. The fourth-order valence-electron chi connectivity index (χ4n) is 15.4. The SMILES string of the molecule is CCn1c2ccccc2c2cc(-c3ccc(-c4c5ccccc5c(-c5cc(C)cc(C)c5)c5ccccc45)cc3)ccc21.CCn1c2ccccc2c2cc(-c3ccc(-c4c5ccccc5c(-c5ccc(-c6cc(C)cc(C)c6)cc5)c5ccccc45)cc3)ccc21.